The largest absolute Gasteiger partial charge is 0.341 e. The SMILES string of the molecule is Cc1ccc(-c2nc(N3CCC(N4CCCC4=O)CC3)nc3sc4c(c23)CCC4)cc1. The summed E-state index contributed by atoms with van der Waals surface area (Å²) in [5.41, 5.74) is 5.03. The topological polar surface area (TPSA) is 49.3 Å². The molecule has 3 aliphatic rings. The van der Waals surface area contributed by atoms with Gasteiger partial charge < -0.3 is 9.80 Å². The van der Waals surface area contributed by atoms with E-state index in [1.165, 1.54) is 39.8 Å². The second-order valence-electron chi connectivity index (χ2n) is 9.18. The Bertz CT molecular complexity index is 1140. The molecule has 1 aromatic carbocycles. The Labute approximate surface area is 187 Å². The molecule has 5 nitrogen and oxygen atoms in total. The summed E-state index contributed by atoms with van der Waals surface area (Å²) in [6.07, 6.45) is 7.32. The van der Waals surface area contributed by atoms with Gasteiger partial charge in [-0.3, -0.25) is 4.79 Å². The predicted octanol–water partition coefficient (Wildman–Crippen LogP) is 4.75. The van der Waals surface area contributed by atoms with E-state index < -0.39 is 0 Å². The predicted molar refractivity (Wildman–Crippen MR) is 126 cm³/mol. The number of piperidine rings is 1. The third kappa shape index (κ3) is 3.32. The lowest BCUT2D eigenvalue weighted by molar-refractivity contribution is -0.130. The molecule has 3 aromatic rings. The molecule has 0 N–H and O–H groups in total. The van der Waals surface area contributed by atoms with Crippen LogP contribution in [0.15, 0.2) is 24.3 Å². The molecular weight excluding hydrogens is 404 g/mol. The van der Waals surface area contributed by atoms with Crippen LogP contribution in [0.5, 0.6) is 0 Å². The number of benzene rings is 1. The lowest BCUT2D eigenvalue weighted by Crippen LogP contribution is -2.45. The third-order valence-corrected chi connectivity index (χ3v) is 8.36. The lowest BCUT2D eigenvalue weighted by atomic mass is 10.0. The number of likely N-dealkylation sites (tertiary alicyclic amines) is 1. The molecule has 31 heavy (non-hydrogen) atoms. The van der Waals surface area contributed by atoms with Crippen LogP contribution in [0.1, 0.15) is 48.1 Å². The molecule has 2 saturated heterocycles. The monoisotopic (exact) mass is 432 g/mol. The van der Waals surface area contributed by atoms with Gasteiger partial charge >= 0.3 is 0 Å². The summed E-state index contributed by atoms with van der Waals surface area (Å²) < 4.78 is 0. The van der Waals surface area contributed by atoms with Crippen molar-refractivity contribution in [1.82, 2.24) is 14.9 Å². The number of amides is 1. The smallest absolute Gasteiger partial charge is 0.227 e. The van der Waals surface area contributed by atoms with E-state index >= 15 is 0 Å². The molecule has 0 bridgehead atoms. The Hall–Kier alpha value is -2.47. The van der Waals surface area contributed by atoms with E-state index in [0.717, 1.165) is 68.2 Å². The maximum atomic E-state index is 12.2. The van der Waals surface area contributed by atoms with Gasteiger partial charge in [0.15, 0.2) is 0 Å². The van der Waals surface area contributed by atoms with Crippen molar-refractivity contribution in [2.75, 3.05) is 24.5 Å². The zero-order valence-electron chi connectivity index (χ0n) is 18.1. The Morgan fingerprint density at radius 1 is 0.968 bits per heavy atom. The number of hydrogen-bond donors (Lipinski definition) is 0. The van der Waals surface area contributed by atoms with Crippen LogP contribution in [0, 0.1) is 6.92 Å². The molecule has 2 fully saturated rings. The summed E-state index contributed by atoms with van der Waals surface area (Å²) in [7, 11) is 0. The van der Waals surface area contributed by atoms with E-state index in [4.69, 9.17) is 9.97 Å². The first kappa shape index (κ1) is 19.2. The number of anilines is 1. The van der Waals surface area contributed by atoms with E-state index in [2.05, 4.69) is 41.0 Å². The fraction of sp³-hybridized carbons (Fsp3) is 0.480. The van der Waals surface area contributed by atoms with Crippen LogP contribution < -0.4 is 4.90 Å². The molecule has 2 aliphatic heterocycles. The van der Waals surface area contributed by atoms with Gasteiger partial charge in [-0.25, -0.2) is 9.97 Å². The number of thiophene rings is 1. The normalized spacial score (nSPS) is 19.6. The minimum Gasteiger partial charge on any atom is -0.341 e. The molecule has 160 valence electrons. The van der Waals surface area contributed by atoms with Crippen LogP contribution in [0.4, 0.5) is 5.95 Å². The van der Waals surface area contributed by atoms with Gasteiger partial charge in [0, 0.05) is 47.9 Å². The molecular formula is C25H28N4OS. The molecule has 6 rings (SSSR count). The molecule has 0 radical (unpaired) electrons. The fourth-order valence-corrected chi connectivity index (χ4v) is 6.74. The van der Waals surface area contributed by atoms with E-state index in [0.29, 0.717) is 11.9 Å². The van der Waals surface area contributed by atoms with E-state index in [9.17, 15) is 4.79 Å². The van der Waals surface area contributed by atoms with Crippen LogP contribution in [0.2, 0.25) is 0 Å². The Kier molecular flexibility index (Phi) is 4.71. The molecule has 0 unspecified atom stereocenters. The minimum absolute atomic E-state index is 0.339. The molecule has 0 spiro atoms. The van der Waals surface area contributed by atoms with Crippen LogP contribution in [-0.2, 0) is 17.6 Å². The molecule has 0 atom stereocenters. The average Bonchev–Trinajstić information content (AvgIpc) is 3.50. The highest BCUT2D eigenvalue weighted by atomic mass is 32.1. The van der Waals surface area contributed by atoms with Crippen LogP contribution in [0.25, 0.3) is 21.5 Å². The maximum Gasteiger partial charge on any atom is 0.227 e. The van der Waals surface area contributed by atoms with Crippen molar-refractivity contribution in [2.24, 2.45) is 0 Å². The zero-order chi connectivity index (χ0) is 20.9. The first-order chi connectivity index (χ1) is 15.2. The van der Waals surface area contributed by atoms with Gasteiger partial charge in [-0.05, 0) is 51.0 Å². The Balaban J connectivity index is 1.35. The van der Waals surface area contributed by atoms with Crippen LogP contribution >= 0.6 is 11.3 Å². The number of carbonyl (C=O) groups excluding carboxylic acids is 1. The van der Waals surface area contributed by atoms with Gasteiger partial charge in [0.1, 0.15) is 4.83 Å². The lowest BCUT2D eigenvalue weighted by Gasteiger charge is -2.36. The van der Waals surface area contributed by atoms with Gasteiger partial charge in [-0.15, -0.1) is 11.3 Å². The number of fused-ring (bicyclic) bond motifs is 3. The van der Waals surface area contributed by atoms with E-state index in [-0.39, 0.29) is 0 Å². The number of rotatable bonds is 3. The zero-order valence-corrected chi connectivity index (χ0v) is 18.9. The number of carbonyl (C=O) groups is 1. The first-order valence-corrected chi connectivity index (χ1v) is 12.4. The summed E-state index contributed by atoms with van der Waals surface area (Å²) in [4.78, 5) is 29.5. The first-order valence-electron chi connectivity index (χ1n) is 11.6. The minimum atomic E-state index is 0.339. The Morgan fingerprint density at radius 2 is 1.77 bits per heavy atom. The molecule has 0 saturated carbocycles. The second-order valence-corrected chi connectivity index (χ2v) is 10.3. The molecule has 4 heterocycles. The number of hydrogen-bond acceptors (Lipinski definition) is 5. The quantitative estimate of drug-likeness (QED) is 0.599. The van der Waals surface area contributed by atoms with Crippen molar-refractivity contribution < 1.29 is 4.79 Å². The average molecular weight is 433 g/mol. The van der Waals surface area contributed by atoms with Gasteiger partial charge in [0.05, 0.1) is 5.69 Å². The molecule has 6 heteroatoms. The fourth-order valence-electron chi connectivity index (χ4n) is 5.48. The van der Waals surface area contributed by atoms with E-state index in [1.54, 1.807) is 0 Å². The third-order valence-electron chi connectivity index (χ3n) is 7.18. The molecule has 2 aromatic heterocycles. The maximum absolute atomic E-state index is 12.2. The summed E-state index contributed by atoms with van der Waals surface area (Å²) in [5, 5.41) is 1.28. The van der Waals surface area contributed by atoms with Gasteiger partial charge in [0.2, 0.25) is 11.9 Å². The molecule has 1 aliphatic carbocycles. The van der Waals surface area contributed by atoms with Crippen molar-refractivity contribution in [1.29, 1.82) is 0 Å². The summed E-state index contributed by atoms with van der Waals surface area (Å²) in [5.74, 6) is 1.19. The summed E-state index contributed by atoms with van der Waals surface area (Å²) in [6.45, 7) is 4.89. The van der Waals surface area contributed by atoms with Crippen LogP contribution in [0.3, 0.4) is 0 Å². The number of nitrogens with zero attached hydrogens (tertiary/aromatic N) is 4. The highest BCUT2D eigenvalue weighted by molar-refractivity contribution is 7.19. The van der Waals surface area contributed by atoms with Gasteiger partial charge in [0.25, 0.3) is 0 Å². The van der Waals surface area contributed by atoms with Crippen molar-refractivity contribution in [3.05, 3.63) is 40.3 Å². The van der Waals surface area contributed by atoms with Gasteiger partial charge in [-0.2, -0.15) is 0 Å². The highest BCUT2D eigenvalue weighted by Gasteiger charge is 2.32. The summed E-state index contributed by atoms with van der Waals surface area (Å²) in [6, 6.07) is 9.13. The second kappa shape index (κ2) is 7.59. The van der Waals surface area contributed by atoms with Crippen molar-refractivity contribution >= 4 is 33.4 Å². The van der Waals surface area contributed by atoms with Crippen molar-refractivity contribution in [2.45, 2.75) is 57.9 Å². The summed E-state index contributed by atoms with van der Waals surface area (Å²) >= 11 is 1.87. The Morgan fingerprint density at radius 3 is 2.52 bits per heavy atom. The van der Waals surface area contributed by atoms with Gasteiger partial charge in [-0.1, -0.05) is 29.8 Å². The van der Waals surface area contributed by atoms with Crippen molar-refractivity contribution in [3.63, 3.8) is 0 Å². The van der Waals surface area contributed by atoms with Crippen molar-refractivity contribution in [3.8, 4) is 11.3 Å². The van der Waals surface area contributed by atoms with Crippen LogP contribution in [-0.4, -0.2) is 46.5 Å². The highest BCUT2D eigenvalue weighted by Crippen LogP contribution is 2.42. The molecule has 1 amide bonds. The standard InChI is InChI=1S/C25H28N4OS/c1-16-7-9-17(10-8-16)23-22-19-4-2-5-20(19)31-24(22)27-25(26-23)28-14-11-18(12-15-28)29-13-3-6-21(29)30/h7-10,18H,2-6,11-15H2,1H3. The number of aryl methyl sites for hydroxylation is 3. The number of aromatic nitrogens is 2. The van der Waals surface area contributed by atoms with E-state index in [1.807, 2.05) is 11.3 Å².